The summed E-state index contributed by atoms with van der Waals surface area (Å²) in [5.74, 6) is 0.339. The van der Waals surface area contributed by atoms with Gasteiger partial charge in [0.05, 0.1) is 0 Å². The van der Waals surface area contributed by atoms with Gasteiger partial charge in [0.15, 0.2) is 0 Å². The van der Waals surface area contributed by atoms with Gasteiger partial charge in [0, 0.05) is 17.4 Å². The van der Waals surface area contributed by atoms with E-state index in [1.165, 1.54) is 24.3 Å². The highest BCUT2D eigenvalue weighted by atomic mass is 27.0. The third-order valence-corrected chi connectivity index (χ3v) is 0.850. The smallest absolute Gasteiger partial charge is 0.115 e. The topological polar surface area (TPSA) is 40.5 Å². The highest BCUT2D eigenvalue weighted by Crippen LogP contribution is 2.13. The Morgan fingerprint density at radius 1 is 0.778 bits per heavy atom. The third-order valence-electron chi connectivity index (χ3n) is 0.850. The zero-order chi connectivity index (χ0) is 5.98. The number of benzene rings is 1. The van der Waals surface area contributed by atoms with E-state index >= 15 is 0 Å². The molecule has 2 nitrogen and oxygen atoms in total. The maximum absolute atomic E-state index is 8.65. The van der Waals surface area contributed by atoms with E-state index in [1.807, 2.05) is 0 Å². The van der Waals surface area contributed by atoms with Gasteiger partial charge >= 0.3 is 0 Å². The first-order valence-corrected chi connectivity index (χ1v) is 2.27. The Balaban J connectivity index is 0.000000640. The Morgan fingerprint density at radius 2 is 1.00 bits per heavy atom. The number of aromatic hydroxyl groups is 2. The van der Waals surface area contributed by atoms with Gasteiger partial charge in [0.2, 0.25) is 0 Å². The lowest BCUT2D eigenvalue weighted by molar-refractivity contribution is 0.460. The molecule has 0 aromatic heterocycles. The molecule has 1 rings (SSSR count). The third kappa shape index (κ3) is 2.41. The molecule has 0 aliphatic carbocycles. The molecule has 0 aliphatic rings. The summed E-state index contributed by atoms with van der Waals surface area (Å²) in [6.07, 6.45) is 0. The molecule has 3 heteroatoms. The van der Waals surface area contributed by atoms with Crippen LogP contribution in [0.1, 0.15) is 0 Å². The molecule has 0 unspecified atom stereocenters. The molecule has 0 aliphatic heterocycles. The summed E-state index contributed by atoms with van der Waals surface area (Å²) in [5, 5.41) is 17.3. The van der Waals surface area contributed by atoms with Gasteiger partial charge in [0.1, 0.15) is 11.5 Å². The van der Waals surface area contributed by atoms with Gasteiger partial charge in [0.25, 0.3) is 0 Å². The van der Waals surface area contributed by atoms with Crippen molar-refractivity contribution < 1.29 is 10.2 Å². The van der Waals surface area contributed by atoms with Crippen LogP contribution in [0.3, 0.4) is 0 Å². The van der Waals surface area contributed by atoms with Crippen LogP contribution >= 0.6 is 0 Å². The van der Waals surface area contributed by atoms with Crippen LogP contribution in [0.5, 0.6) is 11.5 Å². The minimum absolute atomic E-state index is 0. The molecule has 1 aromatic carbocycles. The summed E-state index contributed by atoms with van der Waals surface area (Å²) in [5.41, 5.74) is 0. The molecule has 9 heavy (non-hydrogen) atoms. The van der Waals surface area contributed by atoms with Gasteiger partial charge in [-0.15, -0.1) is 0 Å². The van der Waals surface area contributed by atoms with Gasteiger partial charge in [-0.05, 0) is 24.3 Å². The second-order valence-corrected chi connectivity index (χ2v) is 1.52. The van der Waals surface area contributed by atoms with E-state index in [0.717, 1.165) is 0 Å². The Kier molecular flexibility index (Phi) is 3.15. The number of hydrogen-bond acceptors (Lipinski definition) is 2. The van der Waals surface area contributed by atoms with Crippen molar-refractivity contribution in [3.8, 4) is 11.5 Å². The molecule has 0 atom stereocenters. The lowest BCUT2D eigenvalue weighted by atomic mass is 10.3. The highest BCUT2D eigenvalue weighted by molar-refractivity contribution is 5.75. The summed E-state index contributed by atoms with van der Waals surface area (Å²) in [6.45, 7) is 0. The van der Waals surface area contributed by atoms with Crippen molar-refractivity contribution in [2.75, 3.05) is 0 Å². The largest absolute Gasteiger partial charge is 0.508 e. The highest BCUT2D eigenvalue weighted by Gasteiger charge is 1.84. The minimum atomic E-state index is 0. The fraction of sp³-hybridized carbons (Fsp3) is 0. The first kappa shape index (κ1) is 8.35. The predicted molar refractivity (Wildman–Crippen MR) is 35.5 cm³/mol. The number of rotatable bonds is 0. The fourth-order valence-corrected chi connectivity index (χ4v) is 0.453. The molecule has 0 saturated carbocycles. The molecule has 0 spiro atoms. The standard InChI is InChI=1S/C6H6O2.Al/c7-5-1-2-6(8)4-3-5;/h1-4,7-8H;. The van der Waals surface area contributed by atoms with Gasteiger partial charge in [-0.25, -0.2) is 0 Å². The first-order valence-electron chi connectivity index (χ1n) is 2.27. The van der Waals surface area contributed by atoms with Crippen LogP contribution in [0.4, 0.5) is 0 Å². The van der Waals surface area contributed by atoms with E-state index in [1.54, 1.807) is 0 Å². The Hall–Kier alpha value is -0.648. The summed E-state index contributed by atoms with van der Waals surface area (Å²) < 4.78 is 0. The quantitative estimate of drug-likeness (QED) is 0.408. The van der Waals surface area contributed by atoms with Gasteiger partial charge in [-0.1, -0.05) is 0 Å². The predicted octanol–water partition coefficient (Wildman–Crippen LogP) is 0.717. The Morgan fingerprint density at radius 3 is 1.22 bits per heavy atom. The average Bonchev–Trinajstić information content (AvgIpc) is 1.77. The van der Waals surface area contributed by atoms with E-state index in [-0.39, 0.29) is 28.9 Å². The van der Waals surface area contributed by atoms with Crippen molar-refractivity contribution >= 4 is 17.4 Å². The molecule has 1 aromatic rings. The maximum atomic E-state index is 8.65. The van der Waals surface area contributed by atoms with E-state index in [2.05, 4.69) is 0 Å². The molecule has 0 amide bonds. The van der Waals surface area contributed by atoms with E-state index in [9.17, 15) is 0 Å². The van der Waals surface area contributed by atoms with Crippen molar-refractivity contribution in [2.45, 2.75) is 0 Å². The van der Waals surface area contributed by atoms with Crippen molar-refractivity contribution in [3.63, 3.8) is 0 Å². The van der Waals surface area contributed by atoms with E-state index in [0.29, 0.717) is 0 Å². The van der Waals surface area contributed by atoms with E-state index in [4.69, 9.17) is 10.2 Å². The van der Waals surface area contributed by atoms with Crippen LogP contribution in [-0.2, 0) is 0 Å². The lowest BCUT2D eigenvalue weighted by Crippen LogP contribution is -1.61. The van der Waals surface area contributed by atoms with Crippen LogP contribution in [0.15, 0.2) is 24.3 Å². The van der Waals surface area contributed by atoms with Crippen molar-refractivity contribution in [2.24, 2.45) is 0 Å². The van der Waals surface area contributed by atoms with Crippen LogP contribution in [-0.4, -0.2) is 27.6 Å². The molecule has 0 bridgehead atoms. The molecule has 2 N–H and O–H groups in total. The lowest BCUT2D eigenvalue weighted by Gasteiger charge is -1.88. The van der Waals surface area contributed by atoms with Crippen LogP contribution in [0, 0.1) is 0 Å². The van der Waals surface area contributed by atoms with Gasteiger partial charge in [-0.2, -0.15) is 0 Å². The molecule has 0 saturated heterocycles. The van der Waals surface area contributed by atoms with Gasteiger partial charge in [-0.3, -0.25) is 0 Å². The molecule has 45 valence electrons. The maximum Gasteiger partial charge on any atom is 0.115 e. The van der Waals surface area contributed by atoms with Crippen LogP contribution in [0.2, 0.25) is 0 Å². The molecular weight excluding hydrogens is 131 g/mol. The summed E-state index contributed by atoms with van der Waals surface area (Å²) in [6, 6.07) is 5.70. The molecule has 0 heterocycles. The normalized spacial score (nSPS) is 8.00. The number of hydrogen-bond donors (Lipinski definition) is 2. The Labute approximate surface area is 63.9 Å². The molecular formula is C6H6AlO2. The summed E-state index contributed by atoms with van der Waals surface area (Å²) in [4.78, 5) is 0. The minimum Gasteiger partial charge on any atom is -0.508 e. The van der Waals surface area contributed by atoms with Crippen molar-refractivity contribution in [1.82, 2.24) is 0 Å². The summed E-state index contributed by atoms with van der Waals surface area (Å²) >= 11 is 0. The zero-order valence-corrected chi connectivity index (χ0v) is 5.94. The van der Waals surface area contributed by atoms with Crippen molar-refractivity contribution in [1.29, 1.82) is 0 Å². The Bertz CT molecular complexity index is 150. The fourth-order valence-electron chi connectivity index (χ4n) is 0.453. The van der Waals surface area contributed by atoms with E-state index < -0.39 is 0 Å². The summed E-state index contributed by atoms with van der Waals surface area (Å²) in [7, 11) is 0. The molecule has 0 fully saturated rings. The number of phenolic OH excluding ortho intramolecular Hbond substituents is 2. The van der Waals surface area contributed by atoms with Crippen molar-refractivity contribution in [3.05, 3.63) is 24.3 Å². The zero-order valence-electron chi connectivity index (χ0n) is 4.78. The SMILES string of the molecule is Oc1ccc(O)cc1.[Al]. The number of phenols is 2. The second kappa shape index (κ2) is 3.39. The monoisotopic (exact) mass is 137 g/mol. The van der Waals surface area contributed by atoms with Crippen LogP contribution in [0.25, 0.3) is 0 Å². The second-order valence-electron chi connectivity index (χ2n) is 1.52. The first-order chi connectivity index (χ1) is 3.79. The van der Waals surface area contributed by atoms with Gasteiger partial charge < -0.3 is 10.2 Å². The average molecular weight is 137 g/mol. The van der Waals surface area contributed by atoms with Crippen LogP contribution < -0.4 is 0 Å². The molecule has 3 radical (unpaired) electrons.